The number of rotatable bonds is 7. The number of hydrogen-bond donors (Lipinski definition) is 0. The van der Waals surface area contributed by atoms with Crippen molar-refractivity contribution in [1.29, 1.82) is 0 Å². The lowest BCUT2D eigenvalue weighted by molar-refractivity contribution is 0.0787. The molecule has 1 aliphatic heterocycles. The van der Waals surface area contributed by atoms with Crippen LogP contribution in [0, 0.1) is 5.82 Å². The number of imidazole rings is 1. The van der Waals surface area contributed by atoms with Crippen LogP contribution in [0.5, 0.6) is 0 Å². The molecule has 0 saturated heterocycles. The van der Waals surface area contributed by atoms with Gasteiger partial charge < -0.3 is 9.32 Å². The monoisotopic (exact) mass is 411 g/mol. The molecule has 4 rings (SSSR count). The molecule has 0 radical (unpaired) electrons. The van der Waals surface area contributed by atoms with Gasteiger partial charge >= 0.3 is 0 Å². The highest BCUT2D eigenvalue weighted by Gasteiger charge is 2.28. The zero-order chi connectivity index (χ0) is 21.3. The quantitative estimate of drug-likeness (QED) is 0.590. The maximum Gasteiger partial charge on any atom is 0.256 e. The van der Waals surface area contributed by atoms with Crippen LogP contribution in [0.25, 0.3) is 17.3 Å². The smallest absolute Gasteiger partial charge is 0.256 e. The summed E-state index contributed by atoms with van der Waals surface area (Å²) in [7, 11) is 1.69. The molecule has 2 aromatic heterocycles. The van der Waals surface area contributed by atoms with Gasteiger partial charge in [0, 0.05) is 7.05 Å². The van der Waals surface area contributed by atoms with Gasteiger partial charge in [-0.2, -0.15) is 0 Å². The minimum absolute atomic E-state index is 0.234. The van der Waals surface area contributed by atoms with E-state index < -0.39 is 5.82 Å². The van der Waals surface area contributed by atoms with Gasteiger partial charge in [-0.15, -0.1) is 0 Å². The lowest BCUT2D eigenvalue weighted by atomic mass is 10.1. The van der Waals surface area contributed by atoms with Crippen LogP contribution in [0.4, 0.5) is 4.39 Å². The Morgan fingerprint density at radius 2 is 1.97 bits per heavy atom. The third-order valence-corrected chi connectivity index (χ3v) is 5.26. The van der Waals surface area contributed by atoms with Crippen molar-refractivity contribution in [2.75, 3.05) is 20.1 Å². The van der Waals surface area contributed by atoms with E-state index in [0.717, 1.165) is 37.4 Å². The van der Waals surface area contributed by atoms with Crippen molar-refractivity contribution in [2.45, 2.75) is 39.8 Å². The molecular weight excluding hydrogens is 385 g/mol. The van der Waals surface area contributed by atoms with E-state index in [0.29, 0.717) is 35.9 Å². The number of carbonyl (C=O) groups is 1. The fourth-order valence-corrected chi connectivity index (χ4v) is 3.92. The van der Waals surface area contributed by atoms with Crippen LogP contribution in [0.3, 0.4) is 0 Å². The molecule has 0 saturated carbocycles. The number of oxazole rings is 1. The summed E-state index contributed by atoms with van der Waals surface area (Å²) in [5.41, 5.74) is 2.28. The second-order valence-corrected chi connectivity index (χ2v) is 7.64. The molecular formula is C22H26FN5O2. The lowest BCUT2D eigenvalue weighted by Gasteiger charge is -2.18. The van der Waals surface area contributed by atoms with E-state index in [2.05, 4.69) is 28.7 Å². The summed E-state index contributed by atoms with van der Waals surface area (Å²) in [6.45, 7) is 7.35. The Balaban J connectivity index is 1.69. The fourth-order valence-electron chi connectivity index (χ4n) is 3.92. The highest BCUT2D eigenvalue weighted by Crippen LogP contribution is 2.30. The number of halogens is 1. The van der Waals surface area contributed by atoms with Gasteiger partial charge in [0.25, 0.3) is 5.91 Å². The molecule has 1 amide bonds. The number of carbonyl (C=O) groups excluding carboxylic acids is 1. The molecule has 3 heterocycles. The molecule has 0 bridgehead atoms. The molecule has 0 N–H and O–H groups in total. The number of benzene rings is 1. The van der Waals surface area contributed by atoms with Gasteiger partial charge in [0.15, 0.2) is 0 Å². The van der Waals surface area contributed by atoms with Crippen LogP contribution in [-0.4, -0.2) is 50.4 Å². The topological polar surface area (TPSA) is 67.4 Å². The third-order valence-electron chi connectivity index (χ3n) is 5.26. The minimum Gasteiger partial charge on any atom is -0.438 e. The number of hydrogen-bond acceptors (Lipinski definition) is 5. The summed E-state index contributed by atoms with van der Waals surface area (Å²) >= 11 is 0. The Morgan fingerprint density at radius 3 is 2.70 bits per heavy atom. The molecule has 0 aliphatic carbocycles. The SMILES string of the molecule is CCCN(CCC)Cc1cnc(-c2ncn3c2CN(C)C(=O)c2cc(F)ccc2-3)o1. The highest BCUT2D eigenvalue weighted by atomic mass is 19.1. The van der Waals surface area contributed by atoms with Crippen molar-refractivity contribution >= 4 is 5.91 Å². The Hall–Kier alpha value is -3.00. The van der Waals surface area contributed by atoms with E-state index in [9.17, 15) is 9.18 Å². The minimum atomic E-state index is -0.444. The normalized spacial score (nSPS) is 13.5. The molecule has 1 aromatic carbocycles. The van der Waals surface area contributed by atoms with Crippen molar-refractivity contribution in [3.8, 4) is 17.3 Å². The van der Waals surface area contributed by atoms with Gasteiger partial charge in [-0.05, 0) is 44.1 Å². The average Bonchev–Trinajstić information content (AvgIpc) is 3.32. The molecule has 1 aliphatic rings. The van der Waals surface area contributed by atoms with Gasteiger partial charge in [0.2, 0.25) is 5.89 Å². The molecule has 158 valence electrons. The van der Waals surface area contributed by atoms with Gasteiger partial charge in [-0.3, -0.25) is 14.3 Å². The number of amides is 1. The molecule has 0 unspecified atom stereocenters. The largest absolute Gasteiger partial charge is 0.438 e. The van der Waals surface area contributed by atoms with Crippen molar-refractivity contribution in [3.63, 3.8) is 0 Å². The van der Waals surface area contributed by atoms with Gasteiger partial charge in [0.05, 0.1) is 36.2 Å². The molecule has 30 heavy (non-hydrogen) atoms. The number of fused-ring (bicyclic) bond motifs is 3. The first kappa shape index (κ1) is 20.3. The van der Waals surface area contributed by atoms with Gasteiger partial charge in [-0.1, -0.05) is 13.8 Å². The first-order valence-corrected chi connectivity index (χ1v) is 10.3. The predicted molar refractivity (Wildman–Crippen MR) is 111 cm³/mol. The maximum atomic E-state index is 13.8. The summed E-state index contributed by atoms with van der Waals surface area (Å²) in [6, 6.07) is 4.22. The van der Waals surface area contributed by atoms with Gasteiger partial charge in [-0.25, -0.2) is 14.4 Å². The Labute approximate surface area is 175 Å². The third kappa shape index (κ3) is 3.75. The second kappa shape index (κ2) is 8.39. The first-order chi connectivity index (χ1) is 14.5. The maximum absolute atomic E-state index is 13.8. The average molecular weight is 411 g/mol. The van der Waals surface area contributed by atoms with Crippen molar-refractivity contribution in [3.05, 3.63) is 53.6 Å². The van der Waals surface area contributed by atoms with Crippen LogP contribution in [0.15, 0.2) is 35.1 Å². The van der Waals surface area contributed by atoms with Crippen LogP contribution in [0.2, 0.25) is 0 Å². The zero-order valence-electron chi connectivity index (χ0n) is 17.6. The Morgan fingerprint density at radius 1 is 1.20 bits per heavy atom. The van der Waals surface area contributed by atoms with Crippen molar-refractivity contribution in [1.82, 2.24) is 24.3 Å². The predicted octanol–water partition coefficient (Wildman–Crippen LogP) is 3.87. The number of aromatic nitrogens is 3. The highest BCUT2D eigenvalue weighted by molar-refractivity contribution is 5.98. The molecule has 3 aromatic rings. The first-order valence-electron chi connectivity index (χ1n) is 10.3. The summed E-state index contributed by atoms with van der Waals surface area (Å²) in [5.74, 6) is 0.537. The molecule has 8 heteroatoms. The van der Waals surface area contributed by atoms with Crippen LogP contribution in [0.1, 0.15) is 48.5 Å². The zero-order valence-corrected chi connectivity index (χ0v) is 17.6. The molecule has 7 nitrogen and oxygen atoms in total. The number of nitrogens with zero attached hydrogens (tertiary/aromatic N) is 5. The summed E-state index contributed by atoms with van der Waals surface area (Å²) in [5, 5.41) is 0. The van der Waals surface area contributed by atoms with Gasteiger partial charge in [0.1, 0.15) is 23.6 Å². The van der Waals surface area contributed by atoms with E-state index in [1.54, 1.807) is 30.5 Å². The Kier molecular flexibility index (Phi) is 5.67. The van der Waals surface area contributed by atoms with Crippen molar-refractivity contribution < 1.29 is 13.6 Å². The molecule has 0 atom stereocenters. The Bertz CT molecular complexity index is 1050. The summed E-state index contributed by atoms with van der Waals surface area (Å²) in [6.07, 6.45) is 5.54. The van der Waals surface area contributed by atoms with E-state index in [1.165, 1.54) is 12.1 Å². The summed E-state index contributed by atoms with van der Waals surface area (Å²) in [4.78, 5) is 25.6. The standard InChI is InChI=1S/C22H26FN5O2/c1-4-8-27(9-5-2)12-16-11-24-21(30-16)20-19-13-26(3)22(29)17-10-15(23)6-7-18(17)28(19)14-25-20/h6-7,10-11,14H,4-5,8-9,12-13H2,1-3H3. The van der Waals surface area contributed by atoms with E-state index in [4.69, 9.17) is 4.42 Å². The fraction of sp³-hybridized carbons (Fsp3) is 0.409. The molecule has 0 fully saturated rings. The van der Waals surface area contributed by atoms with E-state index in [-0.39, 0.29) is 5.91 Å². The van der Waals surface area contributed by atoms with E-state index >= 15 is 0 Å². The summed E-state index contributed by atoms with van der Waals surface area (Å²) < 4.78 is 21.6. The molecule has 0 spiro atoms. The van der Waals surface area contributed by atoms with Crippen LogP contribution in [-0.2, 0) is 13.1 Å². The second-order valence-electron chi connectivity index (χ2n) is 7.64. The van der Waals surface area contributed by atoms with E-state index in [1.807, 2.05) is 4.57 Å². The lowest BCUT2D eigenvalue weighted by Crippen LogP contribution is -2.25. The van der Waals surface area contributed by atoms with Crippen molar-refractivity contribution in [2.24, 2.45) is 0 Å². The van der Waals surface area contributed by atoms with Crippen LogP contribution >= 0.6 is 0 Å². The van der Waals surface area contributed by atoms with Crippen LogP contribution < -0.4 is 0 Å².